The second-order valence-electron chi connectivity index (χ2n) is 6.40. The highest BCUT2D eigenvalue weighted by molar-refractivity contribution is 5.92. The van der Waals surface area contributed by atoms with Crippen molar-refractivity contribution >= 4 is 23.4 Å². The van der Waals surface area contributed by atoms with Crippen LogP contribution in [0.5, 0.6) is 0 Å². The minimum atomic E-state index is -0.810. The largest absolute Gasteiger partial charge is 0.481 e. The maximum Gasteiger partial charge on any atom is 0.303 e. The first-order valence-electron chi connectivity index (χ1n) is 8.74. The van der Waals surface area contributed by atoms with Crippen LogP contribution in [-0.4, -0.2) is 40.0 Å². The Bertz CT molecular complexity index is 741. The van der Waals surface area contributed by atoms with E-state index in [0.717, 1.165) is 43.0 Å². The van der Waals surface area contributed by atoms with Gasteiger partial charge in [-0.3, -0.25) is 14.6 Å². The zero-order valence-corrected chi connectivity index (χ0v) is 14.5. The van der Waals surface area contributed by atoms with Crippen LogP contribution in [0.4, 0.5) is 11.5 Å². The summed E-state index contributed by atoms with van der Waals surface area (Å²) in [5, 5.41) is 11.7. The fourth-order valence-electron chi connectivity index (χ4n) is 3.08. The minimum absolute atomic E-state index is 0.0189. The number of nitrogens with zero attached hydrogens (tertiary/aromatic N) is 3. The lowest BCUT2D eigenvalue weighted by atomic mass is 9.96. The summed E-state index contributed by atoms with van der Waals surface area (Å²) in [5.74, 6) is 0.0511. The molecule has 7 heteroatoms. The molecule has 0 atom stereocenters. The second kappa shape index (κ2) is 8.42. The van der Waals surface area contributed by atoms with Gasteiger partial charge in [0.25, 0.3) is 0 Å². The summed E-state index contributed by atoms with van der Waals surface area (Å²) in [6, 6.07) is 7.36. The number of hydrogen-bond donors (Lipinski definition) is 2. The van der Waals surface area contributed by atoms with Crippen LogP contribution in [0.15, 0.2) is 42.9 Å². The summed E-state index contributed by atoms with van der Waals surface area (Å²) in [6.07, 6.45) is 7.22. The van der Waals surface area contributed by atoms with Gasteiger partial charge in [-0.15, -0.1) is 0 Å². The van der Waals surface area contributed by atoms with Gasteiger partial charge in [0, 0.05) is 43.5 Å². The fraction of sp³-hybridized carbons (Fsp3) is 0.368. The van der Waals surface area contributed by atoms with E-state index in [1.165, 1.54) is 0 Å². The summed E-state index contributed by atoms with van der Waals surface area (Å²) < 4.78 is 0. The van der Waals surface area contributed by atoms with Gasteiger partial charge in [-0.1, -0.05) is 12.1 Å². The van der Waals surface area contributed by atoms with Crippen LogP contribution in [0.3, 0.4) is 0 Å². The number of amides is 1. The number of rotatable bonds is 6. The Hall–Kier alpha value is -2.96. The molecule has 1 aromatic carbocycles. The van der Waals surface area contributed by atoms with E-state index in [1.54, 1.807) is 18.6 Å². The predicted octanol–water partition coefficient (Wildman–Crippen LogP) is 2.35. The third-order valence-corrected chi connectivity index (χ3v) is 4.59. The number of aromatic nitrogens is 2. The van der Waals surface area contributed by atoms with Crippen LogP contribution in [-0.2, 0) is 16.0 Å². The first-order chi connectivity index (χ1) is 12.6. The van der Waals surface area contributed by atoms with Gasteiger partial charge in [0.15, 0.2) is 0 Å². The van der Waals surface area contributed by atoms with Gasteiger partial charge < -0.3 is 15.3 Å². The van der Waals surface area contributed by atoms with E-state index in [0.29, 0.717) is 6.42 Å². The molecule has 2 heterocycles. The molecular formula is C19H22N4O3. The molecule has 7 nitrogen and oxygen atoms in total. The Labute approximate surface area is 152 Å². The van der Waals surface area contributed by atoms with Gasteiger partial charge in [-0.25, -0.2) is 4.98 Å². The first-order valence-corrected chi connectivity index (χ1v) is 8.74. The van der Waals surface area contributed by atoms with Gasteiger partial charge in [0.1, 0.15) is 5.82 Å². The highest BCUT2D eigenvalue weighted by Crippen LogP contribution is 2.22. The van der Waals surface area contributed by atoms with E-state index in [-0.39, 0.29) is 18.2 Å². The van der Waals surface area contributed by atoms with Crippen LogP contribution in [0.2, 0.25) is 0 Å². The quantitative estimate of drug-likeness (QED) is 0.827. The number of carbonyl (C=O) groups excluding carboxylic acids is 1. The van der Waals surface area contributed by atoms with E-state index >= 15 is 0 Å². The summed E-state index contributed by atoms with van der Waals surface area (Å²) in [6.45, 7) is 1.57. The number of aliphatic carboxylic acids is 1. The molecule has 0 aliphatic carbocycles. The second-order valence-corrected chi connectivity index (χ2v) is 6.40. The Morgan fingerprint density at radius 1 is 1.15 bits per heavy atom. The van der Waals surface area contributed by atoms with Gasteiger partial charge in [-0.2, -0.15) is 0 Å². The van der Waals surface area contributed by atoms with Crippen molar-refractivity contribution in [2.75, 3.05) is 23.3 Å². The molecule has 26 heavy (non-hydrogen) atoms. The van der Waals surface area contributed by atoms with Crippen LogP contribution >= 0.6 is 0 Å². The Balaban J connectivity index is 1.49. The number of carbonyl (C=O) groups is 2. The number of aryl methyl sites for hydroxylation is 1. The van der Waals surface area contributed by atoms with Gasteiger partial charge in [0.2, 0.25) is 5.91 Å². The molecule has 2 N–H and O–H groups in total. The smallest absolute Gasteiger partial charge is 0.303 e. The molecule has 1 aromatic heterocycles. The lowest BCUT2D eigenvalue weighted by molar-refractivity contribution is -0.137. The third kappa shape index (κ3) is 4.78. The van der Waals surface area contributed by atoms with E-state index in [2.05, 4.69) is 20.2 Å². The molecule has 2 aromatic rings. The topological polar surface area (TPSA) is 95.4 Å². The molecule has 1 aliphatic heterocycles. The number of carboxylic acid groups (broad SMARTS) is 1. The highest BCUT2D eigenvalue weighted by atomic mass is 16.4. The Morgan fingerprint density at radius 2 is 1.88 bits per heavy atom. The van der Waals surface area contributed by atoms with E-state index < -0.39 is 5.97 Å². The molecule has 1 amide bonds. The van der Waals surface area contributed by atoms with Crippen molar-refractivity contribution in [3.05, 3.63) is 48.4 Å². The fourth-order valence-corrected chi connectivity index (χ4v) is 3.08. The standard InChI is InChI=1S/C19H22N4O3/c24-18(25)6-3-14-1-4-16(5-2-14)22-19(26)15-7-11-23(12-8-15)17-13-20-9-10-21-17/h1-2,4-5,9-10,13,15H,3,6-8,11-12H2,(H,22,26)(H,24,25). The Morgan fingerprint density at radius 3 is 2.50 bits per heavy atom. The normalized spacial score (nSPS) is 14.8. The lowest BCUT2D eigenvalue weighted by Crippen LogP contribution is -2.38. The number of anilines is 2. The molecule has 1 fully saturated rings. The van der Waals surface area contributed by atoms with Crippen molar-refractivity contribution in [1.29, 1.82) is 0 Å². The summed E-state index contributed by atoms with van der Waals surface area (Å²) in [5.41, 5.74) is 1.69. The first kappa shape index (κ1) is 17.8. The zero-order valence-electron chi connectivity index (χ0n) is 14.5. The van der Waals surface area contributed by atoms with Crippen molar-refractivity contribution in [2.24, 2.45) is 5.92 Å². The van der Waals surface area contributed by atoms with Crippen LogP contribution in [0.1, 0.15) is 24.8 Å². The molecule has 0 radical (unpaired) electrons. The average Bonchev–Trinajstić information content (AvgIpc) is 2.68. The molecule has 0 saturated carbocycles. The van der Waals surface area contributed by atoms with Gasteiger partial charge >= 0.3 is 5.97 Å². The van der Waals surface area contributed by atoms with E-state index in [4.69, 9.17) is 5.11 Å². The molecule has 0 spiro atoms. The maximum atomic E-state index is 12.5. The van der Waals surface area contributed by atoms with Crippen molar-refractivity contribution in [2.45, 2.75) is 25.7 Å². The third-order valence-electron chi connectivity index (χ3n) is 4.59. The molecule has 1 aliphatic rings. The minimum Gasteiger partial charge on any atom is -0.481 e. The predicted molar refractivity (Wildman–Crippen MR) is 98.0 cm³/mol. The number of carboxylic acids is 1. The van der Waals surface area contributed by atoms with Crippen molar-refractivity contribution in [3.63, 3.8) is 0 Å². The summed E-state index contributed by atoms with van der Waals surface area (Å²) in [4.78, 5) is 33.6. The Kier molecular flexibility index (Phi) is 5.78. The maximum absolute atomic E-state index is 12.5. The molecule has 136 valence electrons. The van der Waals surface area contributed by atoms with Crippen LogP contribution in [0.25, 0.3) is 0 Å². The van der Waals surface area contributed by atoms with Crippen LogP contribution in [0, 0.1) is 5.92 Å². The van der Waals surface area contributed by atoms with Crippen LogP contribution < -0.4 is 10.2 Å². The monoisotopic (exact) mass is 354 g/mol. The van der Waals surface area contributed by atoms with Crippen molar-refractivity contribution in [1.82, 2.24) is 9.97 Å². The number of nitrogens with one attached hydrogen (secondary N) is 1. The van der Waals surface area contributed by atoms with E-state index in [1.807, 2.05) is 24.3 Å². The van der Waals surface area contributed by atoms with Gasteiger partial charge in [-0.05, 0) is 37.0 Å². The number of benzene rings is 1. The average molecular weight is 354 g/mol. The zero-order chi connectivity index (χ0) is 18.4. The molecule has 0 bridgehead atoms. The molecule has 1 saturated heterocycles. The van der Waals surface area contributed by atoms with Crippen molar-refractivity contribution < 1.29 is 14.7 Å². The van der Waals surface area contributed by atoms with E-state index in [9.17, 15) is 9.59 Å². The number of hydrogen-bond acceptors (Lipinski definition) is 5. The van der Waals surface area contributed by atoms with Crippen molar-refractivity contribution in [3.8, 4) is 0 Å². The summed E-state index contributed by atoms with van der Waals surface area (Å²) in [7, 11) is 0. The summed E-state index contributed by atoms with van der Waals surface area (Å²) >= 11 is 0. The van der Waals surface area contributed by atoms with Gasteiger partial charge in [0.05, 0.1) is 6.20 Å². The SMILES string of the molecule is O=C(O)CCc1ccc(NC(=O)C2CCN(c3cnccn3)CC2)cc1. The lowest BCUT2D eigenvalue weighted by Gasteiger charge is -2.31. The number of piperidine rings is 1. The molecule has 0 unspecified atom stereocenters. The molecular weight excluding hydrogens is 332 g/mol. The highest BCUT2D eigenvalue weighted by Gasteiger charge is 2.25. The molecule has 3 rings (SSSR count).